The summed E-state index contributed by atoms with van der Waals surface area (Å²) >= 11 is 4.79. The minimum Gasteiger partial charge on any atom is -0.444 e. The Morgan fingerprint density at radius 3 is 2.52 bits per heavy atom. The molecule has 5 nitrogen and oxygen atoms in total. The lowest BCUT2D eigenvalue weighted by Crippen LogP contribution is -2.54. The van der Waals surface area contributed by atoms with E-state index in [4.69, 9.17) is 4.74 Å². The molecular formula is C16H23BrN2O3S. The van der Waals surface area contributed by atoms with Gasteiger partial charge in [0.1, 0.15) is 10.5 Å². The summed E-state index contributed by atoms with van der Waals surface area (Å²) < 4.78 is 6.07. The summed E-state index contributed by atoms with van der Waals surface area (Å²) in [4.78, 5) is 25.0. The zero-order chi connectivity index (χ0) is 17.1. The van der Waals surface area contributed by atoms with Crippen molar-refractivity contribution < 1.29 is 14.3 Å². The highest BCUT2D eigenvalue weighted by Crippen LogP contribution is 2.31. The zero-order valence-electron chi connectivity index (χ0n) is 13.7. The topological polar surface area (TPSA) is 67.4 Å². The van der Waals surface area contributed by atoms with Gasteiger partial charge in [-0.1, -0.05) is 12.8 Å². The van der Waals surface area contributed by atoms with Crippen LogP contribution in [0.5, 0.6) is 0 Å². The smallest absolute Gasteiger partial charge is 0.407 e. The van der Waals surface area contributed by atoms with Crippen molar-refractivity contribution in [1.82, 2.24) is 10.6 Å². The Morgan fingerprint density at radius 2 is 2.00 bits per heavy atom. The fourth-order valence-corrected chi connectivity index (χ4v) is 4.15. The largest absolute Gasteiger partial charge is 0.444 e. The van der Waals surface area contributed by atoms with E-state index >= 15 is 0 Å². The van der Waals surface area contributed by atoms with Crippen LogP contribution < -0.4 is 10.6 Å². The van der Waals surface area contributed by atoms with Crippen molar-refractivity contribution in [2.45, 2.75) is 57.6 Å². The van der Waals surface area contributed by atoms with E-state index in [0.29, 0.717) is 11.4 Å². The molecule has 0 spiro atoms. The summed E-state index contributed by atoms with van der Waals surface area (Å²) in [6, 6.07) is 1.86. The van der Waals surface area contributed by atoms with Gasteiger partial charge in [0.15, 0.2) is 0 Å². The van der Waals surface area contributed by atoms with E-state index in [-0.39, 0.29) is 5.91 Å². The van der Waals surface area contributed by atoms with Gasteiger partial charge in [-0.15, -0.1) is 11.3 Å². The van der Waals surface area contributed by atoms with E-state index in [0.717, 1.165) is 30.2 Å². The molecule has 2 N–H and O–H groups in total. The second-order valence-corrected chi connectivity index (χ2v) is 8.67. The van der Waals surface area contributed by atoms with Crippen molar-refractivity contribution in [3.8, 4) is 0 Å². The molecule has 1 aromatic heterocycles. The maximum atomic E-state index is 12.5. The van der Waals surface area contributed by atoms with E-state index < -0.39 is 17.2 Å². The number of hydrogen-bond acceptors (Lipinski definition) is 4. The van der Waals surface area contributed by atoms with E-state index in [2.05, 4.69) is 26.6 Å². The number of hydrogen-bond donors (Lipinski definition) is 2. The number of carbonyl (C=O) groups is 2. The number of carbonyl (C=O) groups excluding carboxylic acids is 2. The van der Waals surface area contributed by atoms with Gasteiger partial charge in [-0.05, 0) is 61.0 Å². The van der Waals surface area contributed by atoms with E-state index in [1.54, 1.807) is 0 Å². The molecule has 0 bridgehead atoms. The second kappa shape index (κ2) is 7.21. The predicted octanol–water partition coefficient (Wildman–Crippen LogP) is 4.08. The van der Waals surface area contributed by atoms with Crippen molar-refractivity contribution in [3.63, 3.8) is 0 Å². The third-order valence-electron chi connectivity index (χ3n) is 3.73. The number of halogens is 1. The summed E-state index contributed by atoms with van der Waals surface area (Å²) in [5.74, 6) is -0.0974. The average Bonchev–Trinajstić information content (AvgIpc) is 3.04. The Labute approximate surface area is 149 Å². The van der Waals surface area contributed by atoms with E-state index in [9.17, 15) is 9.59 Å². The highest BCUT2D eigenvalue weighted by atomic mass is 79.9. The third kappa shape index (κ3) is 5.21. The fraction of sp³-hybridized carbons (Fsp3) is 0.625. The molecule has 0 aromatic carbocycles. The monoisotopic (exact) mass is 402 g/mol. The van der Waals surface area contributed by atoms with Crippen LogP contribution in [-0.2, 0) is 4.74 Å². The molecule has 0 unspecified atom stereocenters. The molecule has 7 heteroatoms. The lowest BCUT2D eigenvalue weighted by molar-refractivity contribution is 0.0505. The standard InChI is InChI=1S/C16H23BrN2O3S/c1-15(2,3)22-14(21)18-10-16(7-4-5-8-16)19-13(20)12-11(17)6-9-23-12/h6,9H,4-5,7-8,10H2,1-3H3,(H,18,21)(H,19,20). The SMILES string of the molecule is CC(C)(C)OC(=O)NCC1(NC(=O)c2sccc2Br)CCCC1. The number of alkyl carbamates (subject to hydrolysis) is 1. The average molecular weight is 403 g/mol. The van der Waals surface area contributed by atoms with Gasteiger partial charge in [0.05, 0.1) is 5.54 Å². The Morgan fingerprint density at radius 1 is 1.35 bits per heavy atom. The second-order valence-electron chi connectivity index (χ2n) is 6.89. The maximum Gasteiger partial charge on any atom is 0.407 e. The van der Waals surface area contributed by atoms with Crippen molar-refractivity contribution in [2.24, 2.45) is 0 Å². The van der Waals surface area contributed by atoms with Crippen molar-refractivity contribution in [1.29, 1.82) is 0 Å². The fourth-order valence-electron chi connectivity index (χ4n) is 2.71. The molecule has 1 fully saturated rings. The summed E-state index contributed by atoms with van der Waals surface area (Å²) in [5, 5.41) is 7.80. The minimum atomic E-state index is -0.530. The highest BCUT2D eigenvalue weighted by molar-refractivity contribution is 9.10. The zero-order valence-corrected chi connectivity index (χ0v) is 16.1. The first kappa shape index (κ1) is 18.3. The first-order valence-electron chi connectivity index (χ1n) is 7.73. The van der Waals surface area contributed by atoms with Gasteiger partial charge in [0, 0.05) is 11.0 Å². The molecule has 0 atom stereocenters. The highest BCUT2D eigenvalue weighted by Gasteiger charge is 2.36. The van der Waals surface area contributed by atoms with E-state index in [1.807, 2.05) is 32.2 Å². The Bertz CT molecular complexity index is 574. The van der Waals surface area contributed by atoms with Gasteiger partial charge in [-0.3, -0.25) is 4.79 Å². The van der Waals surface area contributed by atoms with Crippen molar-refractivity contribution in [3.05, 3.63) is 20.8 Å². The summed E-state index contributed by atoms with van der Waals surface area (Å²) in [6.07, 6.45) is 3.36. The van der Waals surface area contributed by atoms with E-state index in [1.165, 1.54) is 11.3 Å². The molecule has 23 heavy (non-hydrogen) atoms. The van der Waals surface area contributed by atoms with Crippen LogP contribution in [0.15, 0.2) is 15.9 Å². The summed E-state index contributed by atoms with van der Waals surface area (Å²) in [6.45, 7) is 5.87. The molecule has 0 aliphatic heterocycles. The quantitative estimate of drug-likeness (QED) is 0.796. The molecular weight excluding hydrogens is 380 g/mol. The molecule has 1 aromatic rings. The normalized spacial score (nSPS) is 16.9. The van der Waals surface area contributed by atoms with Crippen LogP contribution in [0, 0.1) is 0 Å². The molecule has 1 aliphatic rings. The molecule has 128 valence electrons. The third-order valence-corrected chi connectivity index (χ3v) is 5.57. The van der Waals surface area contributed by atoms with Gasteiger partial charge in [0.25, 0.3) is 5.91 Å². The number of ether oxygens (including phenoxy) is 1. The number of amides is 2. The van der Waals surface area contributed by atoms with Crippen LogP contribution in [0.25, 0.3) is 0 Å². The number of nitrogens with one attached hydrogen (secondary N) is 2. The molecule has 1 saturated carbocycles. The van der Waals surface area contributed by atoms with Gasteiger partial charge >= 0.3 is 6.09 Å². The van der Waals surface area contributed by atoms with Crippen LogP contribution >= 0.6 is 27.3 Å². The summed E-state index contributed by atoms with van der Waals surface area (Å²) in [5.41, 5.74) is -0.921. The van der Waals surface area contributed by atoms with Crippen LogP contribution in [0.4, 0.5) is 4.79 Å². The molecule has 2 rings (SSSR count). The van der Waals surface area contributed by atoms with Crippen LogP contribution in [0.1, 0.15) is 56.1 Å². The molecule has 1 aliphatic carbocycles. The molecule has 0 radical (unpaired) electrons. The Hall–Kier alpha value is -1.08. The van der Waals surface area contributed by atoms with Gasteiger partial charge in [-0.2, -0.15) is 0 Å². The Kier molecular flexibility index (Phi) is 5.73. The van der Waals surface area contributed by atoms with Crippen LogP contribution in [0.2, 0.25) is 0 Å². The lowest BCUT2D eigenvalue weighted by atomic mass is 9.97. The van der Waals surface area contributed by atoms with Crippen LogP contribution in [0.3, 0.4) is 0 Å². The van der Waals surface area contributed by atoms with Crippen LogP contribution in [-0.4, -0.2) is 29.7 Å². The van der Waals surface area contributed by atoms with Gasteiger partial charge in [0.2, 0.25) is 0 Å². The van der Waals surface area contributed by atoms with Crippen molar-refractivity contribution >= 4 is 39.3 Å². The maximum absolute atomic E-state index is 12.5. The lowest BCUT2D eigenvalue weighted by Gasteiger charge is -2.31. The molecule has 2 amide bonds. The van der Waals surface area contributed by atoms with Gasteiger partial charge < -0.3 is 15.4 Å². The Balaban J connectivity index is 1.98. The minimum absolute atomic E-state index is 0.0974. The van der Waals surface area contributed by atoms with Crippen molar-refractivity contribution in [2.75, 3.05) is 6.54 Å². The molecule has 0 saturated heterocycles. The van der Waals surface area contributed by atoms with Gasteiger partial charge in [-0.25, -0.2) is 4.79 Å². The predicted molar refractivity (Wildman–Crippen MR) is 94.9 cm³/mol. The number of thiophene rings is 1. The summed E-state index contributed by atoms with van der Waals surface area (Å²) in [7, 11) is 0. The first-order valence-corrected chi connectivity index (χ1v) is 9.40. The first-order chi connectivity index (χ1) is 10.7. The molecule has 1 heterocycles. The number of rotatable bonds is 4.